The van der Waals surface area contributed by atoms with Crippen molar-refractivity contribution in [1.29, 1.82) is 0 Å². The molecule has 21 heavy (non-hydrogen) atoms. The van der Waals surface area contributed by atoms with Crippen LogP contribution < -0.4 is 15.0 Å². The summed E-state index contributed by atoms with van der Waals surface area (Å²) in [5.41, 5.74) is 1.40. The number of carbonyl (C=O) groups is 2. The number of halogens is 1. The highest BCUT2D eigenvalue weighted by Gasteiger charge is 2.24. The summed E-state index contributed by atoms with van der Waals surface area (Å²) >= 11 is 5.57. The van der Waals surface area contributed by atoms with Gasteiger partial charge in [-0.05, 0) is 25.0 Å². The van der Waals surface area contributed by atoms with Crippen molar-refractivity contribution in [3.8, 4) is 5.75 Å². The third kappa shape index (κ3) is 3.88. The number of hydrogen-bond acceptors (Lipinski definition) is 3. The minimum atomic E-state index is -0.0808. The first-order chi connectivity index (χ1) is 10.2. The third-order valence-corrected chi connectivity index (χ3v) is 3.63. The maximum absolute atomic E-state index is 11.8. The number of anilines is 2. The minimum Gasteiger partial charge on any atom is -0.494 e. The molecule has 1 aromatic carbocycles. The van der Waals surface area contributed by atoms with E-state index in [0.29, 0.717) is 43.1 Å². The maximum atomic E-state index is 11.8. The van der Waals surface area contributed by atoms with Gasteiger partial charge in [0.05, 0.1) is 12.8 Å². The molecule has 0 bridgehead atoms. The number of carbonyl (C=O) groups excluding carboxylic acids is 2. The van der Waals surface area contributed by atoms with Crippen molar-refractivity contribution in [3.63, 3.8) is 0 Å². The molecule has 1 aliphatic heterocycles. The van der Waals surface area contributed by atoms with E-state index in [0.717, 1.165) is 12.1 Å². The second-order valence-corrected chi connectivity index (χ2v) is 5.25. The van der Waals surface area contributed by atoms with Crippen molar-refractivity contribution in [3.05, 3.63) is 18.2 Å². The Morgan fingerprint density at radius 2 is 2.29 bits per heavy atom. The van der Waals surface area contributed by atoms with E-state index in [2.05, 4.69) is 5.32 Å². The number of hydrogen-bond donors (Lipinski definition) is 1. The molecule has 2 amide bonds. The Morgan fingerprint density at radius 1 is 1.48 bits per heavy atom. The van der Waals surface area contributed by atoms with Crippen LogP contribution in [0.4, 0.5) is 11.4 Å². The quantitative estimate of drug-likeness (QED) is 0.822. The lowest BCUT2D eigenvalue weighted by Crippen LogP contribution is -2.24. The van der Waals surface area contributed by atoms with E-state index in [9.17, 15) is 9.59 Å². The van der Waals surface area contributed by atoms with E-state index >= 15 is 0 Å². The molecule has 0 aliphatic carbocycles. The summed E-state index contributed by atoms with van der Waals surface area (Å²) in [7, 11) is 1.55. The Kier molecular flexibility index (Phi) is 5.44. The van der Waals surface area contributed by atoms with Crippen LogP contribution in [0.1, 0.15) is 25.7 Å². The van der Waals surface area contributed by atoms with E-state index in [1.807, 2.05) is 0 Å². The monoisotopic (exact) mass is 310 g/mol. The Balaban J connectivity index is 2.12. The van der Waals surface area contributed by atoms with Gasteiger partial charge in [-0.25, -0.2) is 0 Å². The minimum absolute atomic E-state index is 0.0808. The highest BCUT2D eigenvalue weighted by molar-refractivity contribution is 6.18. The molecule has 0 radical (unpaired) electrons. The molecule has 2 rings (SSSR count). The van der Waals surface area contributed by atoms with E-state index in [1.54, 1.807) is 30.2 Å². The van der Waals surface area contributed by atoms with Gasteiger partial charge in [0.25, 0.3) is 0 Å². The molecular formula is C15H19ClN2O3. The van der Waals surface area contributed by atoms with Crippen LogP contribution in [0, 0.1) is 0 Å². The summed E-state index contributed by atoms with van der Waals surface area (Å²) in [6, 6.07) is 5.32. The van der Waals surface area contributed by atoms with E-state index in [1.165, 1.54) is 0 Å². The van der Waals surface area contributed by atoms with Crippen LogP contribution in [0.5, 0.6) is 5.75 Å². The normalized spacial score (nSPS) is 14.4. The lowest BCUT2D eigenvalue weighted by atomic mass is 10.2. The smallest absolute Gasteiger partial charge is 0.227 e. The third-order valence-electron chi connectivity index (χ3n) is 3.37. The maximum Gasteiger partial charge on any atom is 0.227 e. The van der Waals surface area contributed by atoms with E-state index in [-0.39, 0.29) is 11.8 Å². The predicted molar refractivity (Wildman–Crippen MR) is 83.2 cm³/mol. The van der Waals surface area contributed by atoms with Crippen molar-refractivity contribution in [2.75, 3.05) is 29.8 Å². The van der Waals surface area contributed by atoms with E-state index < -0.39 is 0 Å². The van der Waals surface area contributed by atoms with Crippen molar-refractivity contribution in [1.82, 2.24) is 0 Å². The summed E-state index contributed by atoms with van der Waals surface area (Å²) in [4.78, 5) is 25.2. The van der Waals surface area contributed by atoms with Crippen LogP contribution in [0.3, 0.4) is 0 Å². The average molecular weight is 311 g/mol. The second kappa shape index (κ2) is 7.31. The van der Waals surface area contributed by atoms with Gasteiger partial charge >= 0.3 is 0 Å². The molecule has 0 spiro atoms. The van der Waals surface area contributed by atoms with Gasteiger partial charge in [-0.3, -0.25) is 9.59 Å². The number of alkyl halides is 1. The first kappa shape index (κ1) is 15.6. The topological polar surface area (TPSA) is 58.6 Å². The molecule has 1 aromatic rings. The van der Waals surface area contributed by atoms with Gasteiger partial charge in [0, 0.05) is 37.0 Å². The molecule has 1 aliphatic rings. The highest BCUT2D eigenvalue weighted by Crippen LogP contribution is 2.33. The van der Waals surface area contributed by atoms with Gasteiger partial charge in [-0.2, -0.15) is 0 Å². The van der Waals surface area contributed by atoms with Gasteiger partial charge < -0.3 is 15.0 Å². The van der Waals surface area contributed by atoms with Gasteiger partial charge in [0.2, 0.25) is 11.8 Å². The zero-order valence-corrected chi connectivity index (χ0v) is 12.8. The molecule has 0 aromatic heterocycles. The van der Waals surface area contributed by atoms with Crippen molar-refractivity contribution in [2.45, 2.75) is 25.7 Å². The Bertz CT molecular complexity index is 534. The largest absolute Gasteiger partial charge is 0.494 e. The van der Waals surface area contributed by atoms with Crippen LogP contribution in [0.2, 0.25) is 0 Å². The standard InChI is InChI=1S/C15H19ClN2O3/c1-21-13-10-11(17-14(19)4-2-8-16)6-7-12(13)18-9-3-5-15(18)20/h6-7,10H,2-5,8-9H2,1H3,(H,17,19). The molecule has 114 valence electrons. The van der Waals surface area contributed by atoms with Gasteiger partial charge in [-0.1, -0.05) is 0 Å². The van der Waals surface area contributed by atoms with Crippen LogP contribution in [-0.2, 0) is 9.59 Å². The molecule has 0 unspecified atom stereocenters. The molecule has 1 N–H and O–H groups in total. The van der Waals surface area contributed by atoms with Crippen LogP contribution in [0.15, 0.2) is 18.2 Å². The lowest BCUT2D eigenvalue weighted by molar-refractivity contribution is -0.117. The predicted octanol–water partition coefficient (Wildman–Crippen LogP) is 2.78. The first-order valence-corrected chi connectivity index (χ1v) is 7.53. The lowest BCUT2D eigenvalue weighted by Gasteiger charge is -2.19. The molecule has 5 nitrogen and oxygen atoms in total. The summed E-state index contributed by atoms with van der Waals surface area (Å²) in [6.07, 6.45) is 2.46. The zero-order chi connectivity index (χ0) is 15.2. The fraction of sp³-hybridized carbons (Fsp3) is 0.467. The number of methoxy groups -OCH3 is 1. The molecule has 1 heterocycles. The number of nitrogens with one attached hydrogen (secondary N) is 1. The molecule has 6 heteroatoms. The first-order valence-electron chi connectivity index (χ1n) is 7.00. The Morgan fingerprint density at radius 3 is 2.90 bits per heavy atom. The molecule has 1 fully saturated rings. The summed E-state index contributed by atoms with van der Waals surface area (Å²) in [5, 5.41) is 2.80. The zero-order valence-electron chi connectivity index (χ0n) is 12.0. The van der Waals surface area contributed by atoms with Gasteiger partial charge in [0.15, 0.2) is 0 Å². The van der Waals surface area contributed by atoms with Gasteiger partial charge in [-0.15, -0.1) is 11.6 Å². The summed E-state index contributed by atoms with van der Waals surface area (Å²) < 4.78 is 5.34. The van der Waals surface area contributed by atoms with Crippen molar-refractivity contribution < 1.29 is 14.3 Å². The highest BCUT2D eigenvalue weighted by atomic mass is 35.5. The Labute approximate surface area is 129 Å². The SMILES string of the molecule is COc1cc(NC(=O)CCCCl)ccc1N1CCCC1=O. The number of benzene rings is 1. The van der Waals surface area contributed by atoms with Crippen molar-refractivity contribution in [2.24, 2.45) is 0 Å². The number of nitrogens with zero attached hydrogens (tertiary/aromatic N) is 1. The molecule has 0 atom stereocenters. The average Bonchev–Trinajstić information content (AvgIpc) is 2.91. The molecule has 1 saturated heterocycles. The second-order valence-electron chi connectivity index (χ2n) is 4.88. The Hall–Kier alpha value is -1.75. The fourth-order valence-corrected chi connectivity index (χ4v) is 2.47. The van der Waals surface area contributed by atoms with Crippen molar-refractivity contribution >= 4 is 34.8 Å². The fourth-order valence-electron chi connectivity index (χ4n) is 2.33. The number of ether oxygens (including phenoxy) is 1. The number of amides is 2. The number of rotatable bonds is 6. The van der Waals surface area contributed by atoms with Crippen LogP contribution in [0.25, 0.3) is 0 Å². The summed E-state index contributed by atoms with van der Waals surface area (Å²) in [5.74, 6) is 1.07. The van der Waals surface area contributed by atoms with Gasteiger partial charge in [0.1, 0.15) is 5.75 Å². The van der Waals surface area contributed by atoms with Crippen LogP contribution >= 0.6 is 11.6 Å². The summed E-state index contributed by atoms with van der Waals surface area (Å²) in [6.45, 7) is 0.705. The molecule has 0 saturated carbocycles. The molecular weight excluding hydrogens is 292 g/mol. The van der Waals surface area contributed by atoms with E-state index in [4.69, 9.17) is 16.3 Å². The van der Waals surface area contributed by atoms with Crippen LogP contribution in [-0.4, -0.2) is 31.3 Å².